The first kappa shape index (κ1) is 24.4. The number of rotatable bonds is 4. The number of benzene rings is 3. The molecule has 0 saturated heterocycles. The predicted molar refractivity (Wildman–Crippen MR) is 149 cm³/mol. The summed E-state index contributed by atoms with van der Waals surface area (Å²) in [4.78, 5) is 19.4. The minimum absolute atomic E-state index is 0.216. The van der Waals surface area contributed by atoms with E-state index < -0.39 is 34.7 Å². The second kappa shape index (κ2) is 8.18. The zero-order valence-corrected chi connectivity index (χ0v) is 22.8. The van der Waals surface area contributed by atoms with Gasteiger partial charge in [0, 0.05) is 17.4 Å². The first-order valence-corrected chi connectivity index (χ1v) is 13.9. The SMILES string of the molecule is COC(=O)[C@@H]1[C@@H](c2ccccc2)[C@]2(c3ccc(C)cc3)Oc3cc(C)cc(C)c3[C@@]23N=C(C2CCC2)N[C@@]13O. The zero-order chi connectivity index (χ0) is 27.2. The molecule has 200 valence electrons. The van der Waals surface area contributed by atoms with Crippen molar-refractivity contribution >= 4 is 11.8 Å². The number of ether oxygens (including phenoxy) is 2. The van der Waals surface area contributed by atoms with Crippen LogP contribution < -0.4 is 10.1 Å². The molecule has 7 rings (SSSR count). The van der Waals surface area contributed by atoms with E-state index in [0.29, 0.717) is 5.75 Å². The van der Waals surface area contributed by atoms with Gasteiger partial charge in [0.25, 0.3) is 0 Å². The third-order valence-corrected chi connectivity index (χ3v) is 9.58. The molecule has 6 heteroatoms. The molecule has 2 heterocycles. The molecule has 4 aliphatic rings. The van der Waals surface area contributed by atoms with E-state index in [1.807, 2.05) is 36.4 Å². The summed E-state index contributed by atoms with van der Waals surface area (Å²) in [5.41, 5.74) is 1.47. The van der Waals surface area contributed by atoms with Crippen LogP contribution in [0.1, 0.15) is 58.6 Å². The number of fused-ring (bicyclic) bond motifs is 1. The third-order valence-electron chi connectivity index (χ3n) is 9.58. The number of esters is 1. The van der Waals surface area contributed by atoms with Gasteiger partial charge < -0.3 is 19.9 Å². The number of amidine groups is 1. The normalized spacial score (nSPS) is 32.3. The van der Waals surface area contributed by atoms with E-state index >= 15 is 0 Å². The van der Waals surface area contributed by atoms with Crippen LogP contribution in [0.15, 0.2) is 71.7 Å². The second-order valence-corrected chi connectivity index (χ2v) is 11.8. The highest BCUT2D eigenvalue weighted by atomic mass is 16.5. The molecule has 2 fully saturated rings. The number of carbonyl (C=O) groups excluding carboxylic acids is 1. The fourth-order valence-electron chi connectivity index (χ4n) is 7.81. The largest absolute Gasteiger partial charge is 0.478 e. The number of aliphatic imine (C=N–C) groups is 1. The highest BCUT2D eigenvalue weighted by Gasteiger charge is 2.86. The third kappa shape index (κ3) is 2.90. The summed E-state index contributed by atoms with van der Waals surface area (Å²) < 4.78 is 12.7. The van der Waals surface area contributed by atoms with Crippen molar-refractivity contribution in [2.45, 2.75) is 62.8 Å². The van der Waals surface area contributed by atoms with E-state index in [0.717, 1.165) is 58.5 Å². The van der Waals surface area contributed by atoms with Gasteiger partial charge in [0.05, 0.1) is 7.11 Å². The van der Waals surface area contributed by atoms with Crippen LogP contribution in [-0.2, 0) is 20.7 Å². The lowest BCUT2D eigenvalue weighted by Gasteiger charge is -2.42. The summed E-state index contributed by atoms with van der Waals surface area (Å²) in [5.74, 6) is -0.383. The van der Waals surface area contributed by atoms with Gasteiger partial charge in [0.2, 0.25) is 0 Å². The number of nitrogens with one attached hydrogen (secondary N) is 1. The number of hydrogen-bond donors (Lipinski definition) is 2. The van der Waals surface area contributed by atoms with Crippen molar-refractivity contribution in [3.05, 3.63) is 100 Å². The van der Waals surface area contributed by atoms with Crippen molar-refractivity contribution < 1.29 is 19.4 Å². The van der Waals surface area contributed by atoms with Gasteiger partial charge in [-0.3, -0.25) is 9.79 Å². The van der Waals surface area contributed by atoms with E-state index in [4.69, 9.17) is 14.5 Å². The van der Waals surface area contributed by atoms with Gasteiger partial charge in [-0.2, -0.15) is 0 Å². The number of nitrogens with zero attached hydrogens (tertiary/aromatic N) is 1. The van der Waals surface area contributed by atoms with E-state index in [1.165, 1.54) is 7.11 Å². The average molecular weight is 523 g/mol. The van der Waals surface area contributed by atoms with Crippen molar-refractivity contribution in [3.8, 4) is 5.75 Å². The van der Waals surface area contributed by atoms with Gasteiger partial charge in [-0.05, 0) is 61.9 Å². The maximum Gasteiger partial charge on any atom is 0.314 e. The Bertz CT molecular complexity index is 1510. The fraction of sp³-hybridized carbons (Fsp3) is 0.394. The summed E-state index contributed by atoms with van der Waals surface area (Å²) in [7, 11) is 1.39. The Hall–Kier alpha value is -3.64. The molecule has 0 amide bonds. The van der Waals surface area contributed by atoms with Gasteiger partial charge in [-0.1, -0.05) is 72.6 Å². The second-order valence-electron chi connectivity index (χ2n) is 11.8. The molecule has 1 spiro atoms. The first-order valence-electron chi connectivity index (χ1n) is 13.9. The van der Waals surface area contributed by atoms with Gasteiger partial charge in [-0.25, -0.2) is 0 Å². The number of carbonyl (C=O) groups is 1. The molecule has 0 bridgehead atoms. The number of hydrogen-bond acceptors (Lipinski definition) is 6. The summed E-state index contributed by atoms with van der Waals surface area (Å²) in [6.45, 7) is 6.15. The van der Waals surface area contributed by atoms with Crippen molar-refractivity contribution in [2.75, 3.05) is 7.11 Å². The maximum absolute atomic E-state index is 13.9. The standard InChI is InChI=1S/C33H34N2O4/c1-19-13-15-24(16-14-19)31-27(22-9-6-5-7-10-22)28(30(36)38-4)33(37)32(31,34-29(35-33)23-11-8-12-23)26-21(3)17-20(2)18-25(26)39-31/h5-7,9-10,13-18,23,27-28,37H,8,11-12H2,1-4H3,(H,34,35)/t27-,28+,31+,32-,33-/m1/s1. The Morgan fingerprint density at radius 3 is 2.38 bits per heavy atom. The Labute approximate surface area is 229 Å². The molecule has 0 unspecified atom stereocenters. The van der Waals surface area contributed by atoms with Crippen molar-refractivity contribution in [3.63, 3.8) is 0 Å². The van der Waals surface area contributed by atoms with Gasteiger partial charge in [-0.15, -0.1) is 0 Å². The van der Waals surface area contributed by atoms with E-state index in [9.17, 15) is 9.90 Å². The highest BCUT2D eigenvalue weighted by Crippen LogP contribution is 2.75. The number of aryl methyl sites for hydroxylation is 3. The molecule has 2 saturated carbocycles. The Balaban J connectivity index is 1.64. The van der Waals surface area contributed by atoms with Crippen LogP contribution in [0.2, 0.25) is 0 Å². The Morgan fingerprint density at radius 2 is 1.74 bits per heavy atom. The number of aliphatic hydroxyl groups is 1. The van der Waals surface area contributed by atoms with Crippen LogP contribution in [0.25, 0.3) is 0 Å². The number of methoxy groups -OCH3 is 1. The van der Waals surface area contributed by atoms with Gasteiger partial charge in [0.1, 0.15) is 17.5 Å². The molecule has 6 nitrogen and oxygen atoms in total. The summed E-state index contributed by atoms with van der Waals surface area (Å²) in [6.07, 6.45) is 3.13. The molecule has 5 atom stereocenters. The molecule has 39 heavy (non-hydrogen) atoms. The quantitative estimate of drug-likeness (QED) is 0.462. The van der Waals surface area contributed by atoms with Crippen molar-refractivity contribution in [1.29, 1.82) is 0 Å². The van der Waals surface area contributed by atoms with Crippen LogP contribution in [-0.4, -0.2) is 29.7 Å². The lowest BCUT2D eigenvalue weighted by atomic mass is 9.67. The lowest BCUT2D eigenvalue weighted by molar-refractivity contribution is -0.158. The molecule has 3 aromatic rings. The van der Waals surface area contributed by atoms with E-state index in [1.54, 1.807) is 0 Å². The summed E-state index contributed by atoms with van der Waals surface area (Å²) >= 11 is 0. The van der Waals surface area contributed by atoms with Crippen LogP contribution in [0, 0.1) is 32.6 Å². The lowest BCUT2D eigenvalue weighted by Crippen LogP contribution is -2.62. The maximum atomic E-state index is 13.9. The van der Waals surface area contributed by atoms with Crippen LogP contribution in [0.4, 0.5) is 0 Å². The minimum Gasteiger partial charge on any atom is -0.478 e. The van der Waals surface area contributed by atoms with Crippen LogP contribution in [0.5, 0.6) is 5.75 Å². The summed E-state index contributed by atoms with van der Waals surface area (Å²) in [6, 6.07) is 22.3. The fourth-order valence-corrected chi connectivity index (χ4v) is 7.81. The molecule has 0 aromatic heterocycles. The average Bonchev–Trinajstić information content (AvgIpc) is 3.40. The van der Waals surface area contributed by atoms with E-state index in [-0.39, 0.29) is 5.92 Å². The smallest absolute Gasteiger partial charge is 0.314 e. The Morgan fingerprint density at radius 1 is 1.03 bits per heavy atom. The molecular weight excluding hydrogens is 488 g/mol. The molecule has 2 aliphatic carbocycles. The summed E-state index contributed by atoms with van der Waals surface area (Å²) in [5, 5.41) is 16.6. The van der Waals surface area contributed by atoms with Crippen LogP contribution in [0.3, 0.4) is 0 Å². The molecule has 0 radical (unpaired) electrons. The van der Waals surface area contributed by atoms with Crippen molar-refractivity contribution in [2.24, 2.45) is 16.8 Å². The molecule has 2 aliphatic heterocycles. The topological polar surface area (TPSA) is 80.2 Å². The van der Waals surface area contributed by atoms with Crippen LogP contribution >= 0.6 is 0 Å². The Kier molecular flexibility index (Phi) is 5.12. The van der Waals surface area contributed by atoms with Gasteiger partial charge in [0.15, 0.2) is 16.9 Å². The monoisotopic (exact) mass is 522 g/mol. The zero-order valence-electron chi connectivity index (χ0n) is 22.8. The molecular formula is C33H34N2O4. The van der Waals surface area contributed by atoms with E-state index in [2.05, 4.69) is 56.4 Å². The molecule has 3 aromatic carbocycles. The first-order chi connectivity index (χ1) is 18.8. The van der Waals surface area contributed by atoms with Crippen molar-refractivity contribution in [1.82, 2.24) is 5.32 Å². The minimum atomic E-state index is -1.78. The van der Waals surface area contributed by atoms with Gasteiger partial charge >= 0.3 is 5.97 Å². The highest BCUT2D eigenvalue weighted by molar-refractivity contribution is 5.93. The molecule has 2 N–H and O–H groups in total. The predicted octanol–water partition coefficient (Wildman–Crippen LogP) is 5.17.